The van der Waals surface area contributed by atoms with Gasteiger partial charge in [-0.25, -0.2) is 4.98 Å². The summed E-state index contributed by atoms with van der Waals surface area (Å²) in [5.74, 6) is 1.30. The third-order valence-corrected chi connectivity index (χ3v) is 6.89. The molecule has 2 amide bonds. The number of hydrogen-bond donors (Lipinski definition) is 3. The second-order valence-electron chi connectivity index (χ2n) is 9.68. The van der Waals surface area contributed by atoms with E-state index in [9.17, 15) is 9.59 Å². The average Bonchev–Trinajstić information content (AvgIpc) is 3.30. The fraction of sp³-hybridized carbons (Fsp3) is 0.276. The molecule has 0 atom stereocenters. The first-order valence-corrected chi connectivity index (χ1v) is 12.2. The molecule has 3 N–H and O–H groups in total. The van der Waals surface area contributed by atoms with Gasteiger partial charge in [0.2, 0.25) is 5.91 Å². The molecule has 4 aromatic rings. The minimum Gasteiger partial charge on any atom is -0.355 e. The number of pyridine rings is 1. The van der Waals surface area contributed by atoms with Crippen LogP contribution < -0.4 is 10.6 Å². The number of aryl methyl sites for hydroxylation is 1. The lowest BCUT2D eigenvalue weighted by atomic mass is 9.82. The summed E-state index contributed by atoms with van der Waals surface area (Å²) in [4.78, 5) is 32.9. The van der Waals surface area contributed by atoms with E-state index in [1.165, 1.54) is 0 Å². The summed E-state index contributed by atoms with van der Waals surface area (Å²) in [5, 5.41) is 6.87. The quantitative estimate of drug-likeness (QED) is 0.311. The summed E-state index contributed by atoms with van der Waals surface area (Å²) in [6.45, 7) is 4.22. The van der Waals surface area contributed by atoms with Crippen molar-refractivity contribution in [2.45, 2.75) is 39.5 Å². The molecule has 1 aliphatic carbocycles. The number of nitrogens with zero attached hydrogens (tertiary/aromatic N) is 1. The van der Waals surface area contributed by atoms with Gasteiger partial charge in [-0.15, -0.1) is 0 Å². The Hall–Kier alpha value is -3.93. The molecule has 178 valence electrons. The van der Waals surface area contributed by atoms with E-state index in [-0.39, 0.29) is 17.7 Å². The summed E-state index contributed by atoms with van der Waals surface area (Å²) in [6, 6.07) is 19.2. The number of H-pyrrole nitrogens is 1. The van der Waals surface area contributed by atoms with Crippen LogP contribution in [-0.4, -0.2) is 21.8 Å². The molecule has 0 spiro atoms. The SMILES string of the molecule is Cc1ccc(NC(=O)c2ccc3[nH]c(-c4ccc(NC(=O)C5CCC(C)CC5)cc4)cc3c2)nc1. The van der Waals surface area contributed by atoms with Gasteiger partial charge in [-0.05, 0) is 92.1 Å². The van der Waals surface area contributed by atoms with E-state index in [2.05, 4.69) is 27.5 Å². The highest BCUT2D eigenvalue weighted by atomic mass is 16.2. The van der Waals surface area contributed by atoms with Crippen LogP contribution in [0.3, 0.4) is 0 Å². The Morgan fingerprint density at radius 3 is 2.40 bits per heavy atom. The zero-order valence-corrected chi connectivity index (χ0v) is 20.1. The van der Waals surface area contributed by atoms with Gasteiger partial charge in [-0.1, -0.05) is 25.1 Å². The standard InChI is InChI=1S/C29H30N4O2/c1-18-3-6-21(7-4-18)28(34)31-24-11-8-20(9-12-24)26-16-23-15-22(10-13-25(23)32-26)29(35)33-27-14-5-19(2)17-30-27/h5,8-18,21,32H,3-4,6-7H2,1-2H3,(H,31,34)(H,30,33,35). The third kappa shape index (κ3) is 5.27. The third-order valence-electron chi connectivity index (χ3n) is 6.89. The van der Waals surface area contributed by atoms with Crippen LogP contribution in [0.4, 0.5) is 11.5 Å². The van der Waals surface area contributed by atoms with E-state index in [1.807, 2.05) is 55.5 Å². The van der Waals surface area contributed by atoms with Crippen LogP contribution in [0.5, 0.6) is 0 Å². The molecule has 1 fully saturated rings. The van der Waals surface area contributed by atoms with Crippen molar-refractivity contribution >= 4 is 34.2 Å². The van der Waals surface area contributed by atoms with Crippen LogP contribution in [0, 0.1) is 18.8 Å². The Balaban J connectivity index is 1.27. The molecule has 0 unspecified atom stereocenters. The van der Waals surface area contributed by atoms with Gasteiger partial charge in [0.25, 0.3) is 5.91 Å². The Morgan fingerprint density at radius 2 is 1.69 bits per heavy atom. The number of nitrogens with one attached hydrogen (secondary N) is 3. The van der Waals surface area contributed by atoms with Crippen molar-refractivity contribution < 1.29 is 9.59 Å². The van der Waals surface area contributed by atoms with Crippen molar-refractivity contribution in [3.8, 4) is 11.3 Å². The number of aromatic amines is 1. The van der Waals surface area contributed by atoms with Crippen molar-refractivity contribution in [1.29, 1.82) is 0 Å². The monoisotopic (exact) mass is 466 g/mol. The zero-order chi connectivity index (χ0) is 24.4. The summed E-state index contributed by atoms with van der Waals surface area (Å²) >= 11 is 0. The van der Waals surface area contributed by atoms with E-state index in [1.54, 1.807) is 18.3 Å². The number of aromatic nitrogens is 2. The molecule has 2 heterocycles. The Morgan fingerprint density at radius 1 is 0.914 bits per heavy atom. The molecule has 2 aromatic carbocycles. The smallest absolute Gasteiger partial charge is 0.256 e. The van der Waals surface area contributed by atoms with E-state index < -0.39 is 0 Å². The molecule has 6 nitrogen and oxygen atoms in total. The number of hydrogen-bond acceptors (Lipinski definition) is 3. The lowest BCUT2D eigenvalue weighted by Crippen LogP contribution is -2.26. The Labute approximate surface area is 205 Å². The molecular formula is C29H30N4O2. The molecule has 35 heavy (non-hydrogen) atoms. The first-order valence-electron chi connectivity index (χ1n) is 12.2. The largest absolute Gasteiger partial charge is 0.355 e. The van der Waals surface area contributed by atoms with Crippen LogP contribution in [-0.2, 0) is 4.79 Å². The summed E-state index contributed by atoms with van der Waals surface area (Å²) in [6.07, 6.45) is 5.93. The maximum atomic E-state index is 12.7. The minimum atomic E-state index is -0.196. The predicted molar refractivity (Wildman–Crippen MR) is 140 cm³/mol. The first-order chi connectivity index (χ1) is 16.9. The fourth-order valence-electron chi connectivity index (χ4n) is 4.66. The van der Waals surface area contributed by atoms with E-state index in [4.69, 9.17) is 0 Å². The lowest BCUT2D eigenvalue weighted by Gasteiger charge is -2.25. The molecule has 0 radical (unpaired) electrons. The van der Waals surface area contributed by atoms with Gasteiger partial charge in [0.05, 0.1) is 0 Å². The van der Waals surface area contributed by atoms with Gasteiger partial charge in [0, 0.05) is 40.0 Å². The number of carbonyl (C=O) groups excluding carboxylic acids is 2. The number of anilines is 2. The Bertz CT molecular complexity index is 1350. The number of amides is 2. The average molecular weight is 467 g/mol. The second kappa shape index (κ2) is 9.74. The van der Waals surface area contributed by atoms with Crippen molar-refractivity contribution in [2.24, 2.45) is 11.8 Å². The molecule has 0 saturated heterocycles. The molecular weight excluding hydrogens is 436 g/mol. The van der Waals surface area contributed by atoms with Gasteiger partial charge in [-0.3, -0.25) is 9.59 Å². The normalized spacial score (nSPS) is 17.8. The lowest BCUT2D eigenvalue weighted by molar-refractivity contribution is -0.121. The van der Waals surface area contributed by atoms with E-state index in [0.29, 0.717) is 11.4 Å². The highest BCUT2D eigenvalue weighted by molar-refractivity contribution is 6.06. The number of carbonyl (C=O) groups is 2. The van der Waals surface area contributed by atoms with Gasteiger partial charge in [0.1, 0.15) is 5.82 Å². The Kier molecular flexibility index (Phi) is 6.36. The number of rotatable bonds is 5. The van der Waals surface area contributed by atoms with E-state index >= 15 is 0 Å². The van der Waals surface area contributed by atoms with Crippen molar-refractivity contribution in [3.63, 3.8) is 0 Å². The number of benzene rings is 2. The van der Waals surface area contributed by atoms with Crippen LogP contribution >= 0.6 is 0 Å². The summed E-state index contributed by atoms with van der Waals surface area (Å²) in [5.41, 5.74) is 5.35. The van der Waals surface area contributed by atoms with Crippen LogP contribution in [0.2, 0.25) is 0 Å². The molecule has 0 aliphatic heterocycles. The predicted octanol–water partition coefficient (Wildman–Crippen LogP) is 6.56. The van der Waals surface area contributed by atoms with Crippen LogP contribution in [0.15, 0.2) is 66.9 Å². The van der Waals surface area contributed by atoms with Gasteiger partial charge in [0.15, 0.2) is 0 Å². The highest BCUT2D eigenvalue weighted by Crippen LogP contribution is 2.30. The second-order valence-corrected chi connectivity index (χ2v) is 9.68. The maximum absolute atomic E-state index is 12.7. The molecule has 1 aliphatic rings. The minimum absolute atomic E-state index is 0.118. The molecule has 6 heteroatoms. The molecule has 0 bridgehead atoms. The molecule has 5 rings (SSSR count). The van der Waals surface area contributed by atoms with Gasteiger partial charge in [-0.2, -0.15) is 0 Å². The van der Waals surface area contributed by atoms with Crippen molar-refractivity contribution in [3.05, 3.63) is 78.0 Å². The zero-order valence-electron chi connectivity index (χ0n) is 20.1. The topological polar surface area (TPSA) is 86.9 Å². The van der Waals surface area contributed by atoms with Crippen molar-refractivity contribution in [1.82, 2.24) is 9.97 Å². The highest BCUT2D eigenvalue weighted by Gasteiger charge is 2.24. The van der Waals surface area contributed by atoms with Crippen LogP contribution in [0.25, 0.3) is 22.2 Å². The van der Waals surface area contributed by atoms with Gasteiger partial charge >= 0.3 is 0 Å². The van der Waals surface area contributed by atoms with Gasteiger partial charge < -0.3 is 15.6 Å². The first kappa shape index (κ1) is 22.8. The number of fused-ring (bicyclic) bond motifs is 1. The maximum Gasteiger partial charge on any atom is 0.256 e. The molecule has 1 saturated carbocycles. The summed E-state index contributed by atoms with van der Waals surface area (Å²) < 4.78 is 0. The van der Waals surface area contributed by atoms with E-state index in [0.717, 1.165) is 65.0 Å². The molecule has 2 aromatic heterocycles. The van der Waals surface area contributed by atoms with Crippen LogP contribution in [0.1, 0.15) is 48.5 Å². The van der Waals surface area contributed by atoms with Crippen molar-refractivity contribution in [2.75, 3.05) is 10.6 Å². The fourth-order valence-corrected chi connectivity index (χ4v) is 4.66. The summed E-state index contributed by atoms with van der Waals surface area (Å²) in [7, 11) is 0.